The number of anilines is 3. The van der Waals surface area contributed by atoms with Crippen molar-refractivity contribution in [3.8, 4) is 5.75 Å². The van der Waals surface area contributed by atoms with E-state index in [4.69, 9.17) is 10.5 Å². The molecule has 0 aliphatic carbocycles. The van der Waals surface area contributed by atoms with Gasteiger partial charge in [0.05, 0.1) is 18.5 Å². The maximum Gasteiger partial charge on any atom is 0.184 e. The highest BCUT2D eigenvalue weighted by Gasteiger charge is 2.13. The zero-order valence-electron chi connectivity index (χ0n) is 10.0. The van der Waals surface area contributed by atoms with Crippen molar-refractivity contribution in [2.75, 3.05) is 18.2 Å². The summed E-state index contributed by atoms with van der Waals surface area (Å²) in [5, 5.41) is 2.76. The molecule has 6 heteroatoms. The number of hydrogen-bond donors (Lipinski definition) is 2. The van der Waals surface area contributed by atoms with Crippen molar-refractivity contribution in [1.82, 2.24) is 0 Å². The lowest BCUT2D eigenvalue weighted by Gasteiger charge is -2.13. The zero-order chi connectivity index (χ0) is 14.0. The summed E-state index contributed by atoms with van der Waals surface area (Å²) in [6.07, 6.45) is 0. The summed E-state index contributed by atoms with van der Waals surface area (Å²) in [6.45, 7) is 0. The third kappa shape index (κ3) is 2.78. The van der Waals surface area contributed by atoms with Gasteiger partial charge in [0.25, 0.3) is 0 Å². The minimum Gasteiger partial charge on any atom is -0.497 e. The summed E-state index contributed by atoms with van der Waals surface area (Å²) in [6, 6.07) is 7.40. The van der Waals surface area contributed by atoms with Crippen molar-refractivity contribution in [3.63, 3.8) is 0 Å². The Bertz CT molecular complexity index is 620. The molecule has 3 nitrogen and oxygen atoms in total. The molecule has 0 unspecified atom stereocenters. The highest BCUT2D eigenvalue weighted by molar-refractivity contribution is 9.10. The minimum absolute atomic E-state index is 0.103. The van der Waals surface area contributed by atoms with Crippen LogP contribution in [0.3, 0.4) is 0 Å². The number of nitrogen functional groups attached to an aromatic ring is 1. The van der Waals surface area contributed by atoms with Crippen molar-refractivity contribution < 1.29 is 13.5 Å². The van der Waals surface area contributed by atoms with E-state index in [1.807, 2.05) is 0 Å². The van der Waals surface area contributed by atoms with E-state index in [-0.39, 0.29) is 11.4 Å². The summed E-state index contributed by atoms with van der Waals surface area (Å²) in [7, 11) is 1.52. The number of halogens is 3. The zero-order valence-corrected chi connectivity index (χ0v) is 11.6. The fraction of sp³-hybridized carbons (Fsp3) is 0.0769. The molecule has 2 rings (SSSR count). The lowest BCUT2D eigenvalue weighted by Crippen LogP contribution is -2.02. The molecule has 3 N–H and O–H groups in total. The fourth-order valence-corrected chi connectivity index (χ4v) is 1.90. The Morgan fingerprint density at radius 1 is 1.21 bits per heavy atom. The van der Waals surface area contributed by atoms with E-state index in [1.54, 1.807) is 18.2 Å². The summed E-state index contributed by atoms with van der Waals surface area (Å²) in [5.41, 5.74) is 6.18. The maximum absolute atomic E-state index is 13.7. The number of nitrogens with two attached hydrogens (primary N) is 1. The van der Waals surface area contributed by atoms with Crippen molar-refractivity contribution >= 4 is 33.0 Å². The number of methoxy groups -OCH3 is 1. The van der Waals surface area contributed by atoms with Crippen molar-refractivity contribution in [1.29, 1.82) is 0 Å². The van der Waals surface area contributed by atoms with Gasteiger partial charge in [-0.05, 0) is 40.2 Å². The lowest BCUT2D eigenvalue weighted by molar-refractivity contribution is 0.415. The smallest absolute Gasteiger partial charge is 0.184 e. The average molecular weight is 329 g/mol. The second-order valence-electron chi connectivity index (χ2n) is 3.80. The van der Waals surface area contributed by atoms with Gasteiger partial charge in [-0.25, -0.2) is 8.78 Å². The van der Waals surface area contributed by atoms with E-state index in [1.165, 1.54) is 13.2 Å². The van der Waals surface area contributed by atoms with E-state index < -0.39 is 11.6 Å². The lowest BCUT2D eigenvalue weighted by atomic mass is 10.2. The maximum atomic E-state index is 13.7. The predicted octanol–water partition coefficient (Wildman–Crippen LogP) is 4.06. The molecule has 0 atom stereocenters. The Balaban J connectivity index is 2.44. The van der Waals surface area contributed by atoms with Gasteiger partial charge in [-0.1, -0.05) is 0 Å². The highest BCUT2D eigenvalue weighted by atomic mass is 79.9. The van der Waals surface area contributed by atoms with Gasteiger partial charge >= 0.3 is 0 Å². The first kappa shape index (κ1) is 13.6. The van der Waals surface area contributed by atoms with E-state index in [2.05, 4.69) is 21.2 Å². The highest BCUT2D eigenvalue weighted by Crippen LogP contribution is 2.33. The second-order valence-corrected chi connectivity index (χ2v) is 4.65. The van der Waals surface area contributed by atoms with Gasteiger partial charge in [-0.3, -0.25) is 0 Å². The summed E-state index contributed by atoms with van der Waals surface area (Å²) in [4.78, 5) is 0. The molecule has 0 amide bonds. The Labute approximate surface area is 117 Å². The van der Waals surface area contributed by atoms with Crippen LogP contribution in [0.1, 0.15) is 0 Å². The van der Waals surface area contributed by atoms with Crippen LogP contribution in [0, 0.1) is 11.6 Å². The topological polar surface area (TPSA) is 47.3 Å². The quantitative estimate of drug-likeness (QED) is 0.835. The monoisotopic (exact) mass is 328 g/mol. The third-order valence-electron chi connectivity index (χ3n) is 2.56. The first-order valence-electron chi connectivity index (χ1n) is 5.37. The Hall–Kier alpha value is -1.82. The van der Waals surface area contributed by atoms with Crippen LogP contribution in [0.15, 0.2) is 34.8 Å². The number of rotatable bonds is 3. The first-order chi connectivity index (χ1) is 9.02. The van der Waals surface area contributed by atoms with Gasteiger partial charge in [0.1, 0.15) is 11.4 Å². The number of benzene rings is 2. The first-order valence-corrected chi connectivity index (χ1v) is 6.16. The molecule has 0 aliphatic heterocycles. The molecule has 100 valence electrons. The molecule has 0 saturated heterocycles. The fourth-order valence-electron chi connectivity index (χ4n) is 1.55. The molecule has 0 heterocycles. The van der Waals surface area contributed by atoms with Crippen LogP contribution in [-0.4, -0.2) is 7.11 Å². The van der Waals surface area contributed by atoms with Gasteiger partial charge in [0.2, 0.25) is 0 Å². The van der Waals surface area contributed by atoms with Crippen molar-refractivity contribution in [2.24, 2.45) is 0 Å². The van der Waals surface area contributed by atoms with Gasteiger partial charge in [-0.15, -0.1) is 0 Å². The third-order valence-corrected chi connectivity index (χ3v) is 3.25. The molecule has 0 fully saturated rings. The van der Waals surface area contributed by atoms with Crippen LogP contribution in [0.5, 0.6) is 5.75 Å². The summed E-state index contributed by atoms with van der Waals surface area (Å²) >= 11 is 3.31. The van der Waals surface area contributed by atoms with Crippen LogP contribution in [-0.2, 0) is 0 Å². The summed E-state index contributed by atoms with van der Waals surface area (Å²) < 4.78 is 32.6. The molecular formula is C13H11BrF2N2O. The Morgan fingerprint density at radius 2 is 1.95 bits per heavy atom. The van der Waals surface area contributed by atoms with Gasteiger partial charge in [0.15, 0.2) is 11.6 Å². The molecule has 0 spiro atoms. The van der Waals surface area contributed by atoms with E-state index >= 15 is 0 Å². The van der Waals surface area contributed by atoms with E-state index in [0.29, 0.717) is 15.9 Å². The van der Waals surface area contributed by atoms with Crippen LogP contribution >= 0.6 is 15.9 Å². The normalized spacial score (nSPS) is 10.3. The van der Waals surface area contributed by atoms with Crippen LogP contribution in [0.25, 0.3) is 0 Å². The predicted molar refractivity (Wildman–Crippen MR) is 74.7 cm³/mol. The van der Waals surface area contributed by atoms with E-state index in [0.717, 1.165) is 6.07 Å². The molecule has 0 radical (unpaired) electrons. The van der Waals surface area contributed by atoms with Crippen LogP contribution < -0.4 is 15.8 Å². The van der Waals surface area contributed by atoms with Crippen LogP contribution in [0.2, 0.25) is 0 Å². The van der Waals surface area contributed by atoms with Crippen molar-refractivity contribution in [3.05, 3.63) is 46.4 Å². The van der Waals surface area contributed by atoms with Gasteiger partial charge in [0, 0.05) is 10.5 Å². The molecule has 2 aromatic carbocycles. The molecular weight excluding hydrogens is 318 g/mol. The molecule has 0 aromatic heterocycles. The van der Waals surface area contributed by atoms with Gasteiger partial charge in [-0.2, -0.15) is 0 Å². The summed E-state index contributed by atoms with van der Waals surface area (Å²) in [5.74, 6) is -1.40. The molecule has 0 saturated carbocycles. The SMILES string of the molecule is COc1ccc(Br)c(Nc2c(N)ccc(F)c2F)c1. The van der Waals surface area contributed by atoms with Gasteiger partial charge < -0.3 is 15.8 Å². The second kappa shape index (κ2) is 5.44. The number of ether oxygens (including phenoxy) is 1. The molecule has 2 aromatic rings. The Morgan fingerprint density at radius 3 is 2.63 bits per heavy atom. The Kier molecular flexibility index (Phi) is 3.90. The van der Waals surface area contributed by atoms with E-state index in [9.17, 15) is 8.78 Å². The molecule has 0 bridgehead atoms. The largest absolute Gasteiger partial charge is 0.497 e. The number of hydrogen-bond acceptors (Lipinski definition) is 3. The van der Waals surface area contributed by atoms with Crippen molar-refractivity contribution in [2.45, 2.75) is 0 Å². The standard InChI is InChI=1S/C13H11BrF2N2O/c1-19-7-2-3-8(14)11(6-7)18-13-10(17)5-4-9(15)12(13)16/h2-6,18H,17H2,1H3. The minimum atomic E-state index is -1.02. The van der Waals surface area contributed by atoms with Crippen LogP contribution in [0.4, 0.5) is 25.8 Å². The average Bonchev–Trinajstić information content (AvgIpc) is 2.41. The molecule has 19 heavy (non-hydrogen) atoms. The number of nitrogens with one attached hydrogen (secondary N) is 1. The molecule has 0 aliphatic rings.